The number of rotatable bonds is 7. The highest BCUT2D eigenvalue weighted by Gasteiger charge is 2.20. The molecule has 1 aromatic rings. The van der Waals surface area contributed by atoms with Crippen molar-refractivity contribution in [3.63, 3.8) is 0 Å². The molecule has 3 nitrogen and oxygen atoms in total. The van der Waals surface area contributed by atoms with Gasteiger partial charge in [0.25, 0.3) is 0 Å². The molecular weight excluding hydrogens is 253 g/mol. The standard InChI is InChI=1S/C16H26FN3/c1-3-18-16(15-9-8-13(17)12-19-15)10-11-20(2)14-6-4-5-7-14/h8-9,12,14,16,18H,3-7,10-11H2,1-2H3. The second-order valence-corrected chi connectivity index (χ2v) is 5.72. The van der Waals surface area contributed by atoms with E-state index in [-0.39, 0.29) is 11.9 Å². The zero-order chi connectivity index (χ0) is 14.4. The summed E-state index contributed by atoms with van der Waals surface area (Å²) in [7, 11) is 2.22. The fourth-order valence-corrected chi connectivity index (χ4v) is 3.05. The topological polar surface area (TPSA) is 28.2 Å². The Bertz CT molecular complexity index is 387. The third-order valence-corrected chi connectivity index (χ3v) is 4.28. The van der Waals surface area contributed by atoms with Crippen LogP contribution in [0.2, 0.25) is 0 Å². The van der Waals surface area contributed by atoms with Crippen molar-refractivity contribution in [2.75, 3.05) is 20.1 Å². The molecule has 1 aliphatic rings. The Hall–Kier alpha value is -1.00. The van der Waals surface area contributed by atoms with Crippen molar-refractivity contribution in [1.29, 1.82) is 0 Å². The summed E-state index contributed by atoms with van der Waals surface area (Å²) in [6.07, 6.45) is 7.71. The molecule has 1 saturated carbocycles. The quantitative estimate of drug-likeness (QED) is 0.831. The molecule has 1 atom stereocenters. The average Bonchev–Trinajstić information content (AvgIpc) is 2.98. The van der Waals surface area contributed by atoms with Gasteiger partial charge >= 0.3 is 0 Å². The number of aromatic nitrogens is 1. The van der Waals surface area contributed by atoms with Gasteiger partial charge in [-0.25, -0.2) is 4.39 Å². The van der Waals surface area contributed by atoms with E-state index in [1.807, 2.05) is 0 Å². The lowest BCUT2D eigenvalue weighted by Gasteiger charge is -2.26. The lowest BCUT2D eigenvalue weighted by atomic mass is 10.1. The molecular formula is C16H26FN3. The highest BCUT2D eigenvalue weighted by atomic mass is 19.1. The van der Waals surface area contributed by atoms with Crippen molar-refractivity contribution in [3.05, 3.63) is 29.8 Å². The van der Waals surface area contributed by atoms with Gasteiger partial charge in [-0.05, 0) is 51.5 Å². The Labute approximate surface area is 121 Å². The fraction of sp³-hybridized carbons (Fsp3) is 0.688. The van der Waals surface area contributed by atoms with Crippen LogP contribution in [0.15, 0.2) is 18.3 Å². The van der Waals surface area contributed by atoms with Gasteiger partial charge in [-0.3, -0.25) is 4.98 Å². The van der Waals surface area contributed by atoms with E-state index in [2.05, 4.69) is 29.2 Å². The SMILES string of the molecule is CCNC(CCN(C)C1CCCC1)c1ccc(F)cn1. The van der Waals surface area contributed by atoms with Crippen LogP contribution >= 0.6 is 0 Å². The van der Waals surface area contributed by atoms with Crippen molar-refractivity contribution in [1.82, 2.24) is 15.2 Å². The van der Waals surface area contributed by atoms with Crippen molar-refractivity contribution >= 4 is 0 Å². The zero-order valence-corrected chi connectivity index (χ0v) is 12.6. The predicted octanol–water partition coefficient (Wildman–Crippen LogP) is 3.14. The predicted molar refractivity (Wildman–Crippen MR) is 80.1 cm³/mol. The number of hydrogen-bond donors (Lipinski definition) is 1. The van der Waals surface area contributed by atoms with Crippen LogP contribution in [-0.4, -0.2) is 36.1 Å². The van der Waals surface area contributed by atoms with Crippen LogP contribution < -0.4 is 5.32 Å². The summed E-state index contributed by atoms with van der Waals surface area (Å²) in [6.45, 7) is 4.05. The Balaban J connectivity index is 1.89. The number of hydrogen-bond acceptors (Lipinski definition) is 3. The molecule has 4 heteroatoms. The Morgan fingerprint density at radius 1 is 1.40 bits per heavy atom. The fourth-order valence-electron chi connectivity index (χ4n) is 3.05. The van der Waals surface area contributed by atoms with Gasteiger partial charge in [-0.15, -0.1) is 0 Å². The van der Waals surface area contributed by atoms with Gasteiger partial charge in [0, 0.05) is 6.04 Å². The van der Waals surface area contributed by atoms with E-state index in [0.29, 0.717) is 0 Å². The lowest BCUT2D eigenvalue weighted by Crippen LogP contribution is -2.33. The van der Waals surface area contributed by atoms with Crippen LogP contribution in [0.5, 0.6) is 0 Å². The molecule has 0 radical (unpaired) electrons. The highest BCUT2D eigenvalue weighted by molar-refractivity contribution is 5.10. The van der Waals surface area contributed by atoms with Gasteiger partial charge in [0.1, 0.15) is 5.82 Å². The van der Waals surface area contributed by atoms with Crippen molar-refractivity contribution in [3.8, 4) is 0 Å². The molecule has 1 N–H and O–H groups in total. The van der Waals surface area contributed by atoms with Gasteiger partial charge in [0.05, 0.1) is 17.9 Å². The molecule has 1 aliphatic carbocycles. The molecule has 0 amide bonds. The summed E-state index contributed by atoms with van der Waals surface area (Å²) in [4.78, 5) is 6.69. The van der Waals surface area contributed by atoms with Gasteiger partial charge in [-0.2, -0.15) is 0 Å². The first kappa shape index (κ1) is 15.4. The molecule has 0 spiro atoms. The minimum absolute atomic E-state index is 0.212. The van der Waals surface area contributed by atoms with Gasteiger partial charge in [-0.1, -0.05) is 19.8 Å². The molecule has 1 fully saturated rings. The molecule has 1 aromatic heterocycles. The van der Waals surface area contributed by atoms with E-state index in [1.165, 1.54) is 37.9 Å². The van der Waals surface area contributed by atoms with E-state index in [1.54, 1.807) is 6.07 Å². The largest absolute Gasteiger partial charge is 0.309 e. The molecule has 20 heavy (non-hydrogen) atoms. The average molecular weight is 279 g/mol. The number of nitrogens with zero attached hydrogens (tertiary/aromatic N) is 2. The Morgan fingerprint density at radius 3 is 2.75 bits per heavy atom. The van der Waals surface area contributed by atoms with E-state index in [4.69, 9.17) is 0 Å². The first-order chi connectivity index (χ1) is 9.70. The van der Waals surface area contributed by atoms with Crippen LogP contribution in [0.25, 0.3) is 0 Å². The first-order valence-electron chi connectivity index (χ1n) is 7.75. The van der Waals surface area contributed by atoms with Crippen molar-refractivity contribution < 1.29 is 4.39 Å². The zero-order valence-electron chi connectivity index (χ0n) is 12.6. The van der Waals surface area contributed by atoms with Crippen molar-refractivity contribution in [2.45, 2.75) is 51.1 Å². The summed E-state index contributed by atoms with van der Waals surface area (Å²) >= 11 is 0. The lowest BCUT2D eigenvalue weighted by molar-refractivity contribution is 0.231. The molecule has 0 aliphatic heterocycles. The minimum atomic E-state index is -0.271. The van der Waals surface area contributed by atoms with E-state index in [9.17, 15) is 4.39 Å². The normalized spacial score (nSPS) is 17.8. The molecule has 112 valence electrons. The summed E-state index contributed by atoms with van der Waals surface area (Å²) in [5.41, 5.74) is 0.938. The number of halogens is 1. The maximum absolute atomic E-state index is 13.0. The monoisotopic (exact) mass is 279 g/mol. The number of nitrogens with one attached hydrogen (secondary N) is 1. The van der Waals surface area contributed by atoms with E-state index in [0.717, 1.165) is 31.2 Å². The summed E-state index contributed by atoms with van der Waals surface area (Å²) < 4.78 is 13.0. The summed E-state index contributed by atoms with van der Waals surface area (Å²) in [6, 6.07) is 4.24. The molecule has 0 bridgehead atoms. The van der Waals surface area contributed by atoms with Crippen LogP contribution in [0, 0.1) is 5.82 Å². The van der Waals surface area contributed by atoms with Crippen LogP contribution in [-0.2, 0) is 0 Å². The van der Waals surface area contributed by atoms with E-state index >= 15 is 0 Å². The Morgan fingerprint density at radius 2 is 2.15 bits per heavy atom. The second kappa shape index (κ2) is 7.70. The van der Waals surface area contributed by atoms with Crippen molar-refractivity contribution in [2.24, 2.45) is 0 Å². The van der Waals surface area contributed by atoms with Crippen LogP contribution in [0.3, 0.4) is 0 Å². The summed E-state index contributed by atoms with van der Waals surface area (Å²) in [5.74, 6) is -0.271. The third-order valence-electron chi connectivity index (χ3n) is 4.28. The maximum Gasteiger partial charge on any atom is 0.141 e. The molecule has 0 aromatic carbocycles. The number of pyridine rings is 1. The molecule has 2 rings (SSSR count). The summed E-state index contributed by atoms with van der Waals surface area (Å²) in [5, 5.41) is 3.45. The van der Waals surface area contributed by atoms with Crippen LogP contribution in [0.4, 0.5) is 4.39 Å². The Kier molecular flexibility index (Phi) is 5.92. The third kappa shape index (κ3) is 4.25. The highest BCUT2D eigenvalue weighted by Crippen LogP contribution is 2.23. The molecule has 1 heterocycles. The van der Waals surface area contributed by atoms with Gasteiger partial charge in [0.15, 0.2) is 0 Å². The smallest absolute Gasteiger partial charge is 0.141 e. The maximum atomic E-state index is 13.0. The second-order valence-electron chi connectivity index (χ2n) is 5.72. The first-order valence-corrected chi connectivity index (χ1v) is 7.75. The molecule has 1 unspecified atom stereocenters. The molecule has 0 saturated heterocycles. The minimum Gasteiger partial charge on any atom is -0.309 e. The van der Waals surface area contributed by atoms with Gasteiger partial charge < -0.3 is 10.2 Å². The van der Waals surface area contributed by atoms with E-state index < -0.39 is 0 Å². The van der Waals surface area contributed by atoms with Gasteiger partial charge in [0.2, 0.25) is 0 Å². The van der Waals surface area contributed by atoms with Crippen LogP contribution in [0.1, 0.15) is 50.8 Å².